The van der Waals surface area contributed by atoms with Crippen molar-refractivity contribution in [1.82, 2.24) is 9.47 Å². The fourth-order valence-electron chi connectivity index (χ4n) is 4.67. The van der Waals surface area contributed by atoms with E-state index >= 15 is 0 Å². The van der Waals surface area contributed by atoms with Crippen molar-refractivity contribution >= 4 is 22.9 Å². The van der Waals surface area contributed by atoms with Crippen LogP contribution in [0, 0.1) is 0 Å². The van der Waals surface area contributed by atoms with Gasteiger partial charge in [-0.3, -0.25) is 4.79 Å². The Morgan fingerprint density at radius 1 is 0.970 bits per heavy atom. The summed E-state index contributed by atoms with van der Waals surface area (Å²) in [5.74, 6) is -0.261. The van der Waals surface area contributed by atoms with E-state index in [0.29, 0.717) is 0 Å². The first-order chi connectivity index (χ1) is 16.1. The van der Waals surface area contributed by atoms with Crippen molar-refractivity contribution in [2.75, 3.05) is 6.61 Å². The van der Waals surface area contributed by atoms with E-state index in [-0.39, 0.29) is 30.9 Å². The molecule has 2 atom stereocenters. The van der Waals surface area contributed by atoms with Crippen molar-refractivity contribution in [2.45, 2.75) is 31.8 Å². The third-order valence-electron chi connectivity index (χ3n) is 6.35. The van der Waals surface area contributed by atoms with Gasteiger partial charge in [0.25, 0.3) is 0 Å². The Labute approximate surface area is 193 Å². The highest BCUT2D eigenvalue weighted by Gasteiger charge is 2.39. The molecule has 5 rings (SSSR count). The maximum atomic E-state index is 13.3. The molecule has 0 unspecified atom stereocenters. The molecule has 2 amide bonds. The lowest BCUT2D eigenvalue weighted by atomic mass is 9.96. The highest BCUT2D eigenvalue weighted by Crippen LogP contribution is 2.33. The van der Waals surface area contributed by atoms with Crippen molar-refractivity contribution in [2.24, 2.45) is 0 Å². The van der Waals surface area contributed by atoms with Gasteiger partial charge in [0, 0.05) is 30.1 Å². The van der Waals surface area contributed by atoms with Crippen molar-refractivity contribution < 1.29 is 14.3 Å². The molecule has 0 radical (unpaired) electrons. The molecule has 1 saturated heterocycles. The molecule has 1 aromatic heterocycles. The zero-order chi connectivity index (χ0) is 22.8. The van der Waals surface area contributed by atoms with Crippen LogP contribution in [-0.2, 0) is 16.1 Å². The number of aromatic nitrogens is 1. The summed E-state index contributed by atoms with van der Waals surface area (Å²) < 4.78 is 7.48. The molecule has 5 nitrogen and oxygen atoms in total. The predicted molar refractivity (Wildman–Crippen MR) is 128 cm³/mol. The second-order valence-electron chi connectivity index (χ2n) is 8.59. The lowest BCUT2D eigenvalue weighted by molar-refractivity contribution is -0.129. The van der Waals surface area contributed by atoms with Gasteiger partial charge in [0.2, 0.25) is 5.91 Å². The highest BCUT2D eigenvalue weighted by molar-refractivity contribution is 5.94. The summed E-state index contributed by atoms with van der Waals surface area (Å²) in [5.41, 5.74) is 4.37. The fraction of sp³-hybridized carbons (Fsp3) is 0.214. The molecule has 1 fully saturated rings. The van der Waals surface area contributed by atoms with Crippen LogP contribution in [0.3, 0.4) is 0 Å². The summed E-state index contributed by atoms with van der Waals surface area (Å²) in [5, 5.41) is 1.14. The molecule has 0 spiro atoms. The molecular formula is C28H26N2O3. The minimum absolute atomic E-state index is 0.0516. The summed E-state index contributed by atoms with van der Waals surface area (Å²) in [6.45, 7) is 3.00. The van der Waals surface area contributed by atoms with Gasteiger partial charge in [-0.1, -0.05) is 85.8 Å². The van der Waals surface area contributed by atoms with Crippen LogP contribution >= 0.6 is 0 Å². The van der Waals surface area contributed by atoms with Crippen LogP contribution in [0.25, 0.3) is 10.9 Å². The molecule has 33 heavy (non-hydrogen) atoms. The monoisotopic (exact) mass is 438 g/mol. The van der Waals surface area contributed by atoms with Gasteiger partial charge in [-0.2, -0.15) is 0 Å². The Morgan fingerprint density at radius 3 is 2.39 bits per heavy atom. The molecule has 0 aliphatic carbocycles. The van der Waals surface area contributed by atoms with Crippen LogP contribution in [0.1, 0.15) is 42.0 Å². The quantitative estimate of drug-likeness (QED) is 0.376. The van der Waals surface area contributed by atoms with Crippen LogP contribution in [0.5, 0.6) is 0 Å². The van der Waals surface area contributed by atoms with Crippen molar-refractivity contribution in [3.8, 4) is 0 Å². The van der Waals surface area contributed by atoms with Gasteiger partial charge in [-0.05, 0) is 28.7 Å². The Hall–Kier alpha value is -3.86. The molecule has 3 aromatic carbocycles. The molecule has 0 bridgehead atoms. The summed E-state index contributed by atoms with van der Waals surface area (Å²) in [6, 6.07) is 27.8. The van der Waals surface area contributed by atoms with Gasteiger partial charge in [0.15, 0.2) is 0 Å². The normalized spacial score (nSPS) is 16.7. The molecule has 5 heteroatoms. The lowest BCUT2D eigenvalue weighted by Crippen LogP contribution is -2.34. The zero-order valence-corrected chi connectivity index (χ0v) is 18.6. The maximum Gasteiger partial charge on any atom is 0.417 e. The number of imide groups is 1. The molecule has 1 aliphatic rings. The van der Waals surface area contributed by atoms with Gasteiger partial charge in [0.05, 0.1) is 0 Å². The zero-order valence-electron chi connectivity index (χ0n) is 18.6. The molecular weight excluding hydrogens is 412 g/mol. The number of carbonyl (C=O) groups is 2. The van der Waals surface area contributed by atoms with E-state index in [0.717, 1.165) is 28.6 Å². The van der Waals surface area contributed by atoms with Crippen molar-refractivity contribution in [3.63, 3.8) is 0 Å². The van der Waals surface area contributed by atoms with E-state index in [9.17, 15) is 9.59 Å². The van der Waals surface area contributed by atoms with Crippen LogP contribution in [-0.4, -0.2) is 28.1 Å². The first kappa shape index (κ1) is 21.0. The number of nitrogens with zero attached hydrogens (tertiary/aromatic N) is 2. The number of cyclic esters (lactones) is 1. The standard InChI is InChI=1S/C28H26N2O3/c1-20(16-27(31)30-26(19-33-28(30)32)22-12-6-3-7-13-22)24-18-29(17-21-10-4-2-5-11-21)25-15-9-8-14-23(24)25/h2-15,18,20,26H,16-17,19H2,1H3/t20-,26+/m1/s1. The van der Waals surface area contributed by atoms with Gasteiger partial charge < -0.3 is 9.30 Å². The van der Waals surface area contributed by atoms with E-state index in [1.807, 2.05) is 67.6 Å². The number of hydrogen-bond acceptors (Lipinski definition) is 3. The number of amides is 2. The molecule has 4 aromatic rings. The lowest BCUT2D eigenvalue weighted by Gasteiger charge is -2.21. The SMILES string of the molecule is C[C@H](CC(=O)N1C(=O)OC[C@H]1c1ccccc1)c1cn(Cc2ccccc2)c2ccccc12. The minimum atomic E-state index is -0.562. The van der Waals surface area contributed by atoms with Gasteiger partial charge in [-0.15, -0.1) is 0 Å². The van der Waals surface area contributed by atoms with Crippen LogP contribution < -0.4 is 0 Å². The van der Waals surface area contributed by atoms with Crippen LogP contribution in [0.15, 0.2) is 91.1 Å². The highest BCUT2D eigenvalue weighted by atomic mass is 16.6. The Balaban J connectivity index is 1.40. The second-order valence-corrected chi connectivity index (χ2v) is 8.59. The summed E-state index contributed by atoms with van der Waals surface area (Å²) in [4.78, 5) is 27.0. The fourth-order valence-corrected chi connectivity index (χ4v) is 4.67. The van der Waals surface area contributed by atoms with Crippen molar-refractivity contribution in [1.29, 1.82) is 0 Å². The molecule has 0 N–H and O–H groups in total. The molecule has 2 heterocycles. The van der Waals surface area contributed by atoms with E-state index in [1.165, 1.54) is 10.5 Å². The number of hydrogen-bond donors (Lipinski definition) is 0. The first-order valence-corrected chi connectivity index (χ1v) is 11.3. The Kier molecular flexibility index (Phi) is 5.69. The van der Waals surface area contributed by atoms with E-state index in [2.05, 4.69) is 35.0 Å². The van der Waals surface area contributed by atoms with Crippen LogP contribution in [0.4, 0.5) is 4.79 Å². The van der Waals surface area contributed by atoms with Crippen molar-refractivity contribution in [3.05, 3.63) is 108 Å². The summed E-state index contributed by atoms with van der Waals surface area (Å²) >= 11 is 0. The Morgan fingerprint density at radius 2 is 1.64 bits per heavy atom. The number of rotatable bonds is 6. The van der Waals surface area contributed by atoms with E-state index in [4.69, 9.17) is 4.74 Å². The minimum Gasteiger partial charge on any atom is -0.446 e. The second kappa shape index (κ2) is 8.94. The summed E-state index contributed by atoms with van der Waals surface area (Å²) in [6.07, 6.45) is 1.82. The smallest absolute Gasteiger partial charge is 0.417 e. The number of fused-ring (bicyclic) bond motifs is 1. The van der Waals surface area contributed by atoms with Gasteiger partial charge >= 0.3 is 6.09 Å². The number of para-hydroxylation sites is 1. The largest absolute Gasteiger partial charge is 0.446 e. The average Bonchev–Trinajstić information content (AvgIpc) is 3.41. The van der Waals surface area contributed by atoms with Gasteiger partial charge in [-0.25, -0.2) is 9.69 Å². The predicted octanol–water partition coefficient (Wildman–Crippen LogP) is 5.90. The Bertz CT molecular complexity index is 1280. The number of benzene rings is 3. The topological polar surface area (TPSA) is 51.5 Å². The first-order valence-electron chi connectivity index (χ1n) is 11.3. The van der Waals surface area contributed by atoms with E-state index in [1.54, 1.807) is 0 Å². The number of carbonyl (C=O) groups excluding carboxylic acids is 2. The van der Waals surface area contributed by atoms with Crippen LogP contribution in [0.2, 0.25) is 0 Å². The maximum absolute atomic E-state index is 13.3. The molecule has 166 valence electrons. The molecule has 1 aliphatic heterocycles. The third kappa shape index (κ3) is 4.14. The van der Waals surface area contributed by atoms with Gasteiger partial charge in [0.1, 0.15) is 12.6 Å². The van der Waals surface area contributed by atoms with E-state index < -0.39 is 6.09 Å². The summed E-state index contributed by atoms with van der Waals surface area (Å²) in [7, 11) is 0. The third-order valence-corrected chi connectivity index (χ3v) is 6.35. The molecule has 0 saturated carbocycles. The number of ether oxygens (including phenoxy) is 1. The average molecular weight is 439 g/mol.